The molecule has 0 aromatic heterocycles. The highest BCUT2D eigenvalue weighted by Gasteiger charge is 2.19. The van der Waals surface area contributed by atoms with Crippen LogP contribution in [-0.2, 0) is 6.54 Å². The standard InChI is InChI=1S/C14H19NO2/c1-10-5-6-15(8-10)9-13-7-12(11(2)16)3-4-14(13)17/h3-4,7,10,17H,5-6,8-9H2,1-2H3. The molecule has 1 aliphatic rings. The first-order valence-corrected chi connectivity index (χ1v) is 6.11. The molecule has 3 nitrogen and oxygen atoms in total. The van der Waals surface area contributed by atoms with Gasteiger partial charge in [0.2, 0.25) is 0 Å². The fourth-order valence-electron chi connectivity index (χ4n) is 2.34. The molecule has 1 saturated heterocycles. The van der Waals surface area contributed by atoms with Gasteiger partial charge in [-0.3, -0.25) is 9.69 Å². The molecule has 2 rings (SSSR count). The zero-order valence-corrected chi connectivity index (χ0v) is 10.4. The predicted octanol–water partition coefficient (Wildman–Crippen LogP) is 2.44. The van der Waals surface area contributed by atoms with Gasteiger partial charge in [-0.15, -0.1) is 0 Å². The van der Waals surface area contributed by atoms with Gasteiger partial charge in [-0.2, -0.15) is 0 Å². The molecule has 0 spiro atoms. The third-order valence-electron chi connectivity index (χ3n) is 3.39. The van der Waals surface area contributed by atoms with Gasteiger partial charge in [-0.05, 0) is 44.0 Å². The first-order valence-electron chi connectivity index (χ1n) is 6.11. The molecule has 0 saturated carbocycles. The zero-order chi connectivity index (χ0) is 12.4. The van der Waals surface area contributed by atoms with Crippen LogP contribution in [-0.4, -0.2) is 28.9 Å². The number of aromatic hydroxyl groups is 1. The summed E-state index contributed by atoms with van der Waals surface area (Å²) in [6.45, 7) is 6.67. The number of nitrogens with zero attached hydrogens (tertiary/aromatic N) is 1. The van der Waals surface area contributed by atoms with Crippen LogP contribution in [0.4, 0.5) is 0 Å². The van der Waals surface area contributed by atoms with Crippen molar-refractivity contribution in [3.8, 4) is 5.75 Å². The van der Waals surface area contributed by atoms with E-state index in [4.69, 9.17) is 0 Å². The Morgan fingerprint density at radius 2 is 2.29 bits per heavy atom. The van der Waals surface area contributed by atoms with Crippen molar-refractivity contribution >= 4 is 5.78 Å². The summed E-state index contributed by atoms with van der Waals surface area (Å²) >= 11 is 0. The Kier molecular flexibility index (Phi) is 3.48. The van der Waals surface area contributed by atoms with Crippen molar-refractivity contribution in [3.05, 3.63) is 29.3 Å². The first-order chi connectivity index (χ1) is 8.06. The van der Waals surface area contributed by atoms with Crippen molar-refractivity contribution in [1.82, 2.24) is 4.90 Å². The van der Waals surface area contributed by atoms with Crippen LogP contribution in [0.1, 0.15) is 36.2 Å². The minimum Gasteiger partial charge on any atom is -0.508 e. The van der Waals surface area contributed by atoms with Gasteiger partial charge in [0.15, 0.2) is 5.78 Å². The van der Waals surface area contributed by atoms with E-state index in [1.54, 1.807) is 25.1 Å². The number of likely N-dealkylation sites (tertiary alicyclic amines) is 1. The third-order valence-corrected chi connectivity index (χ3v) is 3.39. The van der Waals surface area contributed by atoms with E-state index in [1.807, 2.05) is 0 Å². The van der Waals surface area contributed by atoms with Crippen LogP contribution in [0, 0.1) is 5.92 Å². The van der Waals surface area contributed by atoms with Crippen LogP contribution in [0.3, 0.4) is 0 Å². The van der Waals surface area contributed by atoms with E-state index in [9.17, 15) is 9.90 Å². The summed E-state index contributed by atoms with van der Waals surface area (Å²) < 4.78 is 0. The molecule has 3 heteroatoms. The molecule has 0 radical (unpaired) electrons. The van der Waals surface area contributed by atoms with Crippen molar-refractivity contribution < 1.29 is 9.90 Å². The van der Waals surface area contributed by atoms with Crippen LogP contribution in [0.15, 0.2) is 18.2 Å². The molecule has 92 valence electrons. The Labute approximate surface area is 102 Å². The van der Waals surface area contributed by atoms with Crippen LogP contribution in [0.5, 0.6) is 5.75 Å². The lowest BCUT2D eigenvalue weighted by molar-refractivity contribution is 0.101. The Bertz CT molecular complexity index is 428. The van der Waals surface area contributed by atoms with E-state index in [0.29, 0.717) is 5.56 Å². The number of hydrogen-bond acceptors (Lipinski definition) is 3. The number of phenolic OH excluding ortho intramolecular Hbond substituents is 1. The predicted molar refractivity (Wildman–Crippen MR) is 67.2 cm³/mol. The number of carbonyl (C=O) groups is 1. The fraction of sp³-hybridized carbons (Fsp3) is 0.500. The Hall–Kier alpha value is -1.35. The number of phenols is 1. The highest BCUT2D eigenvalue weighted by molar-refractivity contribution is 5.94. The number of carbonyl (C=O) groups excluding carboxylic acids is 1. The van der Waals surface area contributed by atoms with Gasteiger partial charge in [-0.25, -0.2) is 0 Å². The summed E-state index contributed by atoms with van der Waals surface area (Å²) in [5.74, 6) is 1.06. The summed E-state index contributed by atoms with van der Waals surface area (Å²) in [7, 11) is 0. The molecule has 1 aliphatic heterocycles. The van der Waals surface area contributed by atoms with Crippen molar-refractivity contribution in [3.63, 3.8) is 0 Å². The van der Waals surface area contributed by atoms with E-state index in [2.05, 4.69) is 11.8 Å². The van der Waals surface area contributed by atoms with Crippen LogP contribution in [0.2, 0.25) is 0 Å². The lowest BCUT2D eigenvalue weighted by atomic mass is 10.1. The second kappa shape index (κ2) is 4.88. The fourth-order valence-corrected chi connectivity index (χ4v) is 2.34. The summed E-state index contributed by atoms with van der Waals surface area (Å²) in [5.41, 5.74) is 1.52. The van der Waals surface area contributed by atoms with E-state index in [-0.39, 0.29) is 11.5 Å². The lowest BCUT2D eigenvalue weighted by Crippen LogP contribution is -2.19. The minimum absolute atomic E-state index is 0.0426. The van der Waals surface area contributed by atoms with Crippen molar-refractivity contribution in [2.75, 3.05) is 13.1 Å². The summed E-state index contributed by atoms with van der Waals surface area (Å²) in [6.07, 6.45) is 1.22. The molecule has 1 unspecified atom stereocenters. The largest absolute Gasteiger partial charge is 0.508 e. The maximum Gasteiger partial charge on any atom is 0.159 e. The third kappa shape index (κ3) is 2.86. The Balaban J connectivity index is 2.14. The Morgan fingerprint density at radius 1 is 1.53 bits per heavy atom. The molecule has 17 heavy (non-hydrogen) atoms. The average molecular weight is 233 g/mol. The smallest absolute Gasteiger partial charge is 0.159 e. The van der Waals surface area contributed by atoms with E-state index >= 15 is 0 Å². The lowest BCUT2D eigenvalue weighted by Gasteiger charge is -2.16. The maximum absolute atomic E-state index is 11.3. The van der Waals surface area contributed by atoms with Gasteiger partial charge < -0.3 is 5.11 Å². The van der Waals surface area contributed by atoms with Crippen molar-refractivity contribution in [2.45, 2.75) is 26.8 Å². The molecule has 1 N–H and O–H groups in total. The molecule has 1 fully saturated rings. The summed E-state index contributed by atoms with van der Waals surface area (Å²) in [6, 6.07) is 5.10. The quantitative estimate of drug-likeness (QED) is 0.815. The van der Waals surface area contributed by atoms with E-state index in [0.717, 1.165) is 31.1 Å². The number of hydrogen-bond donors (Lipinski definition) is 1. The highest BCUT2D eigenvalue weighted by Crippen LogP contribution is 2.24. The SMILES string of the molecule is CC(=O)c1ccc(O)c(CN2CCC(C)C2)c1. The molecule has 0 amide bonds. The van der Waals surface area contributed by atoms with E-state index in [1.165, 1.54) is 6.42 Å². The molecule has 0 bridgehead atoms. The topological polar surface area (TPSA) is 40.5 Å². The van der Waals surface area contributed by atoms with Gasteiger partial charge in [0.25, 0.3) is 0 Å². The molecular weight excluding hydrogens is 214 g/mol. The number of ketones is 1. The Morgan fingerprint density at radius 3 is 2.88 bits per heavy atom. The van der Waals surface area contributed by atoms with E-state index < -0.39 is 0 Å². The first kappa shape index (κ1) is 12.1. The number of Topliss-reactive ketones (excluding diaryl/α,β-unsaturated/α-hetero) is 1. The van der Waals surface area contributed by atoms with Crippen LogP contribution in [0.25, 0.3) is 0 Å². The number of rotatable bonds is 3. The maximum atomic E-state index is 11.3. The summed E-state index contributed by atoms with van der Waals surface area (Å²) in [5, 5.41) is 9.81. The highest BCUT2D eigenvalue weighted by atomic mass is 16.3. The van der Waals surface area contributed by atoms with Gasteiger partial charge in [-0.1, -0.05) is 6.92 Å². The van der Waals surface area contributed by atoms with Gasteiger partial charge in [0.1, 0.15) is 5.75 Å². The molecule has 1 aromatic carbocycles. The second-order valence-corrected chi connectivity index (χ2v) is 5.03. The molecule has 1 atom stereocenters. The average Bonchev–Trinajstić information content (AvgIpc) is 2.67. The van der Waals surface area contributed by atoms with Crippen LogP contribution >= 0.6 is 0 Å². The number of benzene rings is 1. The van der Waals surface area contributed by atoms with Crippen molar-refractivity contribution in [2.24, 2.45) is 5.92 Å². The normalized spacial score (nSPS) is 20.7. The summed E-state index contributed by atoms with van der Waals surface area (Å²) in [4.78, 5) is 13.6. The van der Waals surface area contributed by atoms with Gasteiger partial charge >= 0.3 is 0 Å². The molecular formula is C14H19NO2. The van der Waals surface area contributed by atoms with Crippen LogP contribution < -0.4 is 0 Å². The van der Waals surface area contributed by atoms with Gasteiger partial charge in [0.05, 0.1) is 0 Å². The molecule has 1 heterocycles. The molecule has 1 aromatic rings. The second-order valence-electron chi connectivity index (χ2n) is 5.03. The zero-order valence-electron chi connectivity index (χ0n) is 10.4. The van der Waals surface area contributed by atoms with Crippen molar-refractivity contribution in [1.29, 1.82) is 0 Å². The molecule has 0 aliphatic carbocycles. The minimum atomic E-state index is 0.0426. The van der Waals surface area contributed by atoms with Gasteiger partial charge in [0, 0.05) is 24.2 Å². The monoisotopic (exact) mass is 233 g/mol.